The van der Waals surface area contributed by atoms with E-state index in [4.69, 9.17) is 4.74 Å². The number of alkyl halides is 3. The highest BCUT2D eigenvalue weighted by molar-refractivity contribution is 6.08. The van der Waals surface area contributed by atoms with E-state index in [0.717, 1.165) is 12.1 Å². The van der Waals surface area contributed by atoms with E-state index in [9.17, 15) is 27.2 Å². The molecule has 0 spiro atoms. The summed E-state index contributed by atoms with van der Waals surface area (Å²) in [6.45, 7) is 2.46. The van der Waals surface area contributed by atoms with Gasteiger partial charge >= 0.3 is 6.18 Å². The molecule has 8 nitrogen and oxygen atoms in total. The largest absolute Gasteiger partial charge is 0.434 e. The molecule has 12 heteroatoms. The Morgan fingerprint density at radius 3 is 2.50 bits per heavy atom. The van der Waals surface area contributed by atoms with Crippen LogP contribution in [-0.2, 0) is 6.18 Å². The summed E-state index contributed by atoms with van der Waals surface area (Å²) in [5.41, 5.74) is -0.645. The molecule has 0 bridgehead atoms. The Balaban J connectivity index is 1.33. The number of benzene rings is 2. The van der Waals surface area contributed by atoms with Gasteiger partial charge in [-0.25, -0.2) is 4.39 Å². The number of hydrogen-bond acceptors (Lipinski definition) is 6. The molecule has 3 aromatic rings. The number of carbonyl (C=O) groups excluding carboxylic acids is 2. The maximum Gasteiger partial charge on any atom is 0.417 e. The third-order valence-electron chi connectivity index (χ3n) is 6.03. The van der Waals surface area contributed by atoms with Crippen LogP contribution >= 0.6 is 0 Å². The van der Waals surface area contributed by atoms with Crippen molar-refractivity contribution < 1.29 is 31.9 Å². The zero-order chi connectivity index (χ0) is 25.6. The Hall–Kier alpha value is -4.22. The number of nitrogens with zero attached hydrogens (tertiary/aromatic N) is 4. The van der Waals surface area contributed by atoms with Crippen LogP contribution < -0.4 is 15.0 Å². The quantitative estimate of drug-likeness (QED) is 0.528. The minimum Gasteiger partial charge on any atom is -0.434 e. The highest BCUT2D eigenvalue weighted by atomic mass is 19.4. The maximum atomic E-state index is 13.8. The highest BCUT2D eigenvalue weighted by Gasteiger charge is 2.36. The SMILES string of the molecule is Cc1cc(F)cc2c1Oc1nnc(N3CCN(C(=O)c4ccccc4C(F)(F)F)CC3)cc1C(=O)N2. The number of piperazine rings is 1. The molecule has 0 atom stereocenters. The van der Waals surface area contributed by atoms with Crippen molar-refractivity contribution in [3.63, 3.8) is 0 Å². The Kier molecular flexibility index (Phi) is 5.73. The zero-order valence-corrected chi connectivity index (χ0v) is 18.9. The van der Waals surface area contributed by atoms with Gasteiger partial charge in [0, 0.05) is 38.3 Å². The first-order valence-electron chi connectivity index (χ1n) is 11.0. The smallest absolute Gasteiger partial charge is 0.417 e. The lowest BCUT2D eigenvalue weighted by Crippen LogP contribution is -2.49. The summed E-state index contributed by atoms with van der Waals surface area (Å²) in [5, 5.41) is 10.8. The van der Waals surface area contributed by atoms with E-state index in [-0.39, 0.29) is 49.1 Å². The number of nitrogens with one attached hydrogen (secondary N) is 1. The number of anilines is 2. The molecule has 5 rings (SSSR count). The van der Waals surface area contributed by atoms with Crippen LogP contribution in [0.5, 0.6) is 11.6 Å². The molecule has 0 unspecified atom stereocenters. The van der Waals surface area contributed by atoms with Crippen LogP contribution in [0.25, 0.3) is 0 Å². The van der Waals surface area contributed by atoms with E-state index in [1.54, 1.807) is 11.8 Å². The van der Waals surface area contributed by atoms with Crippen molar-refractivity contribution in [3.05, 3.63) is 70.5 Å². The van der Waals surface area contributed by atoms with Gasteiger partial charge in [-0.3, -0.25) is 9.59 Å². The van der Waals surface area contributed by atoms with Crippen LogP contribution in [0.4, 0.5) is 29.1 Å². The third kappa shape index (κ3) is 4.30. The number of hydrogen-bond donors (Lipinski definition) is 1. The molecule has 3 heterocycles. The predicted molar refractivity (Wildman–Crippen MR) is 121 cm³/mol. The van der Waals surface area contributed by atoms with E-state index in [1.807, 2.05) is 0 Å². The Morgan fingerprint density at radius 1 is 1.06 bits per heavy atom. The van der Waals surface area contributed by atoms with Gasteiger partial charge in [0.1, 0.15) is 11.4 Å². The van der Waals surface area contributed by atoms with E-state index < -0.39 is 34.9 Å². The molecule has 0 radical (unpaired) electrons. The Morgan fingerprint density at radius 2 is 1.78 bits per heavy atom. The summed E-state index contributed by atoms with van der Waals surface area (Å²) >= 11 is 0. The second kappa shape index (κ2) is 8.77. The summed E-state index contributed by atoms with van der Waals surface area (Å²) < 4.78 is 59.5. The number of rotatable bonds is 2. The molecular formula is C24H19F4N5O3. The lowest BCUT2D eigenvalue weighted by atomic mass is 10.1. The van der Waals surface area contributed by atoms with Gasteiger partial charge in [-0.1, -0.05) is 12.1 Å². The lowest BCUT2D eigenvalue weighted by molar-refractivity contribution is -0.138. The molecule has 186 valence electrons. The number of carbonyl (C=O) groups is 2. The second-order valence-electron chi connectivity index (χ2n) is 8.40. The van der Waals surface area contributed by atoms with Crippen molar-refractivity contribution in [1.29, 1.82) is 0 Å². The van der Waals surface area contributed by atoms with Gasteiger partial charge in [0.15, 0.2) is 11.6 Å². The third-order valence-corrected chi connectivity index (χ3v) is 6.03. The van der Waals surface area contributed by atoms with Crippen molar-refractivity contribution in [3.8, 4) is 11.6 Å². The van der Waals surface area contributed by atoms with Crippen LogP contribution in [0.3, 0.4) is 0 Å². The first-order chi connectivity index (χ1) is 17.1. The molecule has 1 fully saturated rings. The normalized spacial score (nSPS) is 15.4. The highest BCUT2D eigenvalue weighted by Crippen LogP contribution is 2.38. The fourth-order valence-electron chi connectivity index (χ4n) is 4.23. The monoisotopic (exact) mass is 501 g/mol. The number of ether oxygens (including phenoxy) is 1. The van der Waals surface area contributed by atoms with Gasteiger partial charge in [-0.15, -0.1) is 10.2 Å². The topological polar surface area (TPSA) is 87.7 Å². The van der Waals surface area contributed by atoms with Crippen LogP contribution in [0.15, 0.2) is 42.5 Å². The molecule has 2 aliphatic rings. The number of amides is 2. The van der Waals surface area contributed by atoms with Crippen LogP contribution in [0.2, 0.25) is 0 Å². The van der Waals surface area contributed by atoms with Crippen LogP contribution in [0, 0.1) is 12.7 Å². The minimum atomic E-state index is -4.64. The second-order valence-corrected chi connectivity index (χ2v) is 8.40. The first-order valence-corrected chi connectivity index (χ1v) is 11.0. The zero-order valence-electron chi connectivity index (χ0n) is 18.9. The molecule has 2 aliphatic heterocycles. The van der Waals surface area contributed by atoms with Crippen LogP contribution in [-0.4, -0.2) is 53.1 Å². The average molecular weight is 501 g/mol. The van der Waals surface area contributed by atoms with Crippen molar-refractivity contribution in [2.75, 3.05) is 36.4 Å². The number of aryl methyl sites for hydroxylation is 1. The molecule has 0 saturated carbocycles. The Labute approximate surface area is 202 Å². The summed E-state index contributed by atoms with van der Waals surface area (Å²) in [7, 11) is 0. The number of fused-ring (bicyclic) bond motifs is 2. The first kappa shape index (κ1) is 23.5. The van der Waals surface area contributed by atoms with Gasteiger partial charge in [-0.05, 0) is 30.7 Å². The van der Waals surface area contributed by atoms with Gasteiger partial charge < -0.3 is 19.9 Å². The summed E-state index contributed by atoms with van der Waals surface area (Å²) in [5.74, 6) is -1.23. The number of halogens is 4. The molecule has 0 aliphatic carbocycles. The summed E-state index contributed by atoms with van der Waals surface area (Å²) in [6, 6.07) is 8.58. The van der Waals surface area contributed by atoms with Crippen molar-refractivity contribution in [2.45, 2.75) is 13.1 Å². The van der Waals surface area contributed by atoms with E-state index in [1.165, 1.54) is 35.2 Å². The van der Waals surface area contributed by atoms with Gasteiger partial charge in [0.05, 0.1) is 16.8 Å². The molecule has 1 saturated heterocycles. The summed E-state index contributed by atoms with van der Waals surface area (Å²) in [6.07, 6.45) is -4.64. The molecule has 1 N–H and O–H groups in total. The maximum absolute atomic E-state index is 13.8. The number of aromatic nitrogens is 2. The van der Waals surface area contributed by atoms with Crippen molar-refractivity contribution in [1.82, 2.24) is 15.1 Å². The van der Waals surface area contributed by atoms with Crippen molar-refractivity contribution in [2.24, 2.45) is 0 Å². The van der Waals surface area contributed by atoms with E-state index in [2.05, 4.69) is 15.5 Å². The molecule has 36 heavy (non-hydrogen) atoms. The Bertz CT molecular complexity index is 1370. The van der Waals surface area contributed by atoms with E-state index >= 15 is 0 Å². The van der Waals surface area contributed by atoms with Gasteiger partial charge in [-0.2, -0.15) is 13.2 Å². The fraction of sp³-hybridized carbons (Fsp3) is 0.250. The van der Waals surface area contributed by atoms with E-state index in [0.29, 0.717) is 11.4 Å². The fourth-order valence-corrected chi connectivity index (χ4v) is 4.23. The molecule has 1 aromatic heterocycles. The van der Waals surface area contributed by atoms with Gasteiger partial charge in [0.2, 0.25) is 0 Å². The molecular weight excluding hydrogens is 482 g/mol. The minimum absolute atomic E-state index is 0.0396. The van der Waals surface area contributed by atoms with Crippen molar-refractivity contribution >= 4 is 23.3 Å². The summed E-state index contributed by atoms with van der Waals surface area (Å²) in [4.78, 5) is 28.7. The molecule has 2 aromatic carbocycles. The predicted octanol–water partition coefficient (Wildman–Crippen LogP) is 4.26. The van der Waals surface area contributed by atoms with Crippen LogP contribution in [0.1, 0.15) is 31.8 Å². The molecule has 2 amide bonds. The average Bonchev–Trinajstić information content (AvgIpc) is 2.99. The lowest BCUT2D eigenvalue weighted by Gasteiger charge is -2.35. The van der Waals surface area contributed by atoms with Gasteiger partial charge in [0.25, 0.3) is 17.7 Å². The standard InChI is InChI=1S/C24H19F4N5O3/c1-13-10-14(25)11-18-20(13)36-22-16(21(34)29-18)12-19(30-31-22)32-6-8-33(9-7-32)23(35)15-4-2-3-5-17(15)24(26,27)28/h2-5,10-12H,6-9H2,1H3,(H,29,34).